The van der Waals surface area contributed by atoms with Gasteiger partial charge >= 0.3 is 0 Å². The molecule has 0 saturated heterocycles. The molecule has 31 heavy (non-hydrogen) atoms. The summed E-state index contributed by atoms with van der Waals surface area (Å²) < 4.78 is 25.1. The van der Waals surface area contributed by atoms with E-state index in [0.29, 0.717) is 24.8 Å². The molecule has 1 heterocycles. The summed E-state index contributed by atoms with van der Waals surface area (Å²) in [4.78, 5) is 8.50. The number of aromatic nitrogens is 1. The maximum atomic E-state index is 14.4. The molecule has 0 fully saturated rings. The van der Waals surface area contributed by atoms with Crippen LogP contribution < -0.4 is 20.1 Å². The number of benzene rings is 2. The molecule has 6 nitrogen and oxygen atoms in total. The Hall–Kier alpha value is -2.88. The van der Waals surface area contributed by atoms with Gasteiger partial charge in [-0.2, -0.15) is 0 Å². The Morgan fingerprint density at radius 3 is 2.45 bits per heavy atom. The minimum atomic E-state index is -0.442. The third kappa shape index (κ3) is 7.71. The van der Waals surface area contributed by atoms with Crippen molar-refractivity contribution < 1.29 is 13.9 Å². The van der Waals surface area contributed by atoms with Crippen LogP contribution in [0.4, 0.5) is 4.39 Å². The second kappa shape index (κ2) is 12.7. The van der Waals surface area contributed by atoms with Crippen LogP contribution in [0.5, 0.6) is 17.2 Å². The molecule has 0 unspecified atom stereocenters. The molecule has 0 atom stereocenters. The Kier molecular flexibility index (Phi) is 10.0. The predicted octanol–water partition coefficient (Wildman–Crippen LogP) is 4.89. The summed E-state index contributed by atoms with van der Waals surface area (Å²) in [7, 11) is 1.64. The third-order valence-corrected chi connectivity index (χ3v) is 4.24. The number of pyridine rings is 1. The van der Waals surface area contributed by atoms with Crippen molar-refractivity contribution in [1.82, 2.24) is 15.6 Å². The third-order valence-electron chi connectivity index (χ3n) is 4.24. The van der Waals surface area contributed by atoms with E-state index in [1.54, 1.807) is 37.6 Å². The van der Waals surface area contributed by atoms with Crippen LogP contribution in [0.2, 0.25) is 0 Å². The van der Waals surface area contributed by atoms with Crippen molar-refractivity contribution >= 4 is 29.9 Å². The quantitative estimate of drug-likeness (QED) is 0.244. The molecule has 3 aromatic rings. The lowest BCUT2D eigenvalue weighted by molar-refractivity contribution is 0.414. The van der Waals surface area contributed by atoms with E-state index in [2.05, 4.69) is 20.6 Å². The number of nitrogens with zero attached hydrogens (tertiary/aromatic N) is 2. The first kappa shape index (κ1) is 24.4. The molecule has 1 aromatic heterocycles. The summed E-state index contributed by atoms with van der Waals surface area (Å²) in [6.07, 6.45) is 3.17. The number of nitrogens with one attached hydrogen (secondary N) is 2. The number of methoxy groups -OCH3 is 1. The normalized spacial score (nSPS) is 10.7. The molecule has 0 aliphatic rings. The molecule has 2 N–H and O–H groups in total. The van der Waals surface area contributed by atoms with Crippen molar-refractivity contribution in [3.63, 3.8) is 0 Å². The van der Waals surface area contributed by atoms with Gasteiger partial charge in [-0.15, -0.1) is 24.0 Å². The van der Waals surface area contributed by atoms with Crippen LogP contribution in [-0.4, -0.2) is 24.6 Å². The zero-order valence-corrected chi connectivity index (χ0v) is 19.8. The molecule has 164 valence electrons. The first-order valence-electron chi connectivity index (χ1n) is 9.69. The highest BCUT2D eigenvalue weighted by molar-refractivity contribution is 14.0. The lowest BCUT2D eigenvalue weighted by Crippen LogP contribution is -2.36. The van der Waals surface area contributed by atoms with Gasteiger partial charge in [-0.3, -0.25) is 4.98 Å². The number of hydrogen-bond acceptors (Lipinski definition) is 4. The van der Waals surface area contributed by atoms with Crippen LogP contribution in [-0.2, 0) is 13.1 Å². The second-order valence-corrected chi connectivity index (χ2v) is 6.45. The highest BCUT2D eigenvalue weighted by Gasteiger charge is 2.07. The van der Waals surface area contributed by atoms with Crippen molar-refractivity contribution in [2.75, 3.05) is 13.7 Å². The lowest BCUT2D eigenvalue weighted by atomic mass is 10.2. The van der Waals surface area contributed by atoms with E-state index in [-0.39, 0.29) is 29.7 Å². The fourth-order valence-corrected chi connectivity index (χ4v) is 2.70. The monoisotopic (exact) mass is 536 g/mol. The highest BCUT2D eigenvalue weighted by atomic mass is 127. The van der Waals surface area contributed by atoms with Crippen LogP contribution in [0.15, 0.2) is 72.0 Å². The summed E-state index contributed by atoms with van der Waals surface area (Å²) in [5.41, 5.74) is 1.84. The maximum Gasteiger partial charge on any atom is 0.191 e. The van der Waals surface area contributed by atoms with Gasteiger partial charge in [-0.25, -0.2) is 9.38 Å². The van der Waals surface area contributed by atoms with Crippen molar-refractivity contribution in [3.05, 3.63) is 83.9 Å². The zero-order chi connectivity index (χ0) is 21.2. The van der Waals surface area contributed by atoms with Gasteiger partial charge in [0.05, 0.1) is 19.9 Å². The molecule has 0 saturated carbocycles. The number of aliphatic imine (C=N–C) groups is 1. The second-order valence-electron chi connectivity index (χ2n) is 6.45. The molecule has 3 rings (SSSR count). The Labute approximate surface area is 198 Å². The van der Waals surface area contributed by atoms with Crippen molar-refractivity contribution in [2.24, 2.45) is 4.99 Å². The molecule has 8 heteroatoms. The maximum absolute atomic E-state index is 14.4. The molecule has 0 radical (unpaired) electrons. The van der Waals surface area contributed by atoms with Gasteiger partial charge in [-0.1, -0.05) is 18.2 Å². The van der Waals surface area contributed by atoms with Crippen LogP contribution in [0, 0.1) is 5.82 Å². The van der Waals surface area contributed by atoms with Crippen LogP contribution in [0.25, 0.3) is 0 Å². The van der Waals surface area contributed by atoms with E-state index < -0.39 is 5.82 Å². The van der Waals surface area contributed by atoms with E-state index in [1.807, 2.05) is 31.2 Å². The van der Waals surface area contributed by atoms with Gasteiger partial charge in [0.15, 0.2) is 17.5 Å². The Balaban J connectivity index is 0.00000341. The first-order chi connectivity index (χ1) is 14.7. The summed E-state index contributed by atoms with van der Waals surface area (Å²) in [6, 6.07) is 16.1. The minimum Gasteiger partial charge on any atom is -0.497 e. The smallest absolute Gasteiger partial charge is 0.191 e. The molecule has 0 aliphatic carbocycles. The lowest BCUT2D eigenvalue weighted by Gasteiger charge is -2.12. The van der Waals surface area contributed by atoms with Gasteiger partial charge in [-0.05, 0) is 54.4 Å². The fraction of sp³-hybridized carbons (Fsp3) is 0.217. The average molecular weight is 536 g/mol. The Morgan fingerprint density at radius 1 is 1.03 bits per heavy atom. The van der Waals surface area contributed by atoms with E-state index >= 15 is 0 Å². The highest BCUT2D eigenvalue weighted by Crippen LogP contribution is 2.24. The Bertz CT molecular complexity index is 969. The largest absolute Gasteiger partial charge is 0.497 e. The molecular formula is C23H26FIN4O2. The number of rotatable bonds is 8. The van der Waals surface area contributed by atoms with Gasteiger partial charge in [0.1, 0.15) is 11.5 Å². The van der Waals surface area contributed by atoms with Gasteiger partial charge < -0.3 is 20.1 Å². The SMILES string of the molecule is CCNC(=NCc1ccc(Oc2cccnc2)c(F)c1)NCc1ccc(OC)cc1.I. The van der Waals surface area contributed by atoms with Crippen LogP contribution in [0.3, 0.4) is 0 Å². The number of guanidine groups is 1. The van der Waals surface area contributed by atoms with Gasteiger partial charge in [0, 0.05) is 19.3 Å². The topological polar surface area (TPSA) is 67.8 Å². The van der Waals surface area contributed by atoms with Crippen LogP contribution >= 0.6 is 24.0 Å². The number of halogens is 2. The zero-order valence-electron chi connectivity index (χ0n) is 17.5. The molecule has 0 spiro atoms. The predicted molar refractivity (Wildman–Crippen MR) is 131 cm³/mol. The van der Waals surface area contributed by atoms with Gasteiger partial charge in [0.2, 0.25) is 0 Å². The molecule has 2 aromatic carbocycles. The molecule has 0 aliphatic heterocycles. The summed E-state index contributed by atoms with van der Waals surface area (Å²) in [5, 5.41) is 6.47. The summed E-state index contributed by atoms with van der Waals surface area (Å²) >= 11 is 0. The number of ether oxygens (including phenoxy) is 2. The van der Waals surface area contributed by atoms with Crippen molar-refractivity contribution in [2.45, 2.75) is 20.0 Å². The standard InChI is InChI=1S/C23H25FN4O2.HI/c1-3-26-23(27-14-17-6-9-19(29-2)10-7-17)28-15-18-8-11-22(21(24)13-18)30-20-5-4-12-25-16-20;/h4-13,16H,3,14-15H2,1-2H3,(H2,26,27,28);1H. The fourth-order valence-electron chi connectivity index (χ4n) is 2.70. The summed E-state index contributed by atoms with van der Waals surface area (Å²) in [5.74, 6) is 1.67. The molecule has 0 amide bonds. The van der Waals surface area contributed by atoms with Crippen molar-refractivity contribution in [1.29, 1.82) is 0 Å². The van der Waals surface area contributed by atoms with E-state index in [0.717, 1.165) is 23.4 Å². The Morgan fingerprint density at radius 2 is 1.81 bits per heavy atom. The summed E-state index contributed by atoms with van der Waals surface area (Å²) in [6.45, 7) is 3.67. The average Bonchev–Trinajstić information content (AvgIpc) is 2.78. The van der Waals surface area contributed by atoms with Crippen LogP contribution in [0.1, 0.15) is 18.1 Å². The first-order valence-corrected chi connectivity index (χ1v) is 9.69. The molecular weight excluding hydrogens is 510 g/mol. The van der Waals surface area contributed by atoms with E-state index in [4.69, 9.17) is 9.47 Å². The van der Waals surface area contributed by atoms with Gasteiger partial charge in [0.25, 0.3) is 0 Å². The minimum absolute atomic E-state index is 0. The molecule has 0 bridgehead atoms. The van der Waals surface area contributed by atoms with E-state index in [1.165, 1.54) is 12.3 Å². The number of hydrogen-bond donors (Lipinski definition) is 2. The van der Waals surface area contributed by atoms with Crippen molar-refractivity contribution in [3.8, 4) is 17.2 Å². The van der Waals surface area contributed by atoms with E-state index in [9.17, 15) is 4.39 Å².